The minimum atomic E-state index is -0.357. The lowest BCUT2D eigenvalue weighted by molar-refractivity contribution is -0.141. The molecule has 0 spiro atoms. The monoisotopic (exact) mass is 446 g/mol. The van der Waals surface area contributed by atoms with Gasteiger partial charge in [-0.25, -0.2) is 9.97 Å². The first kappa shape index (κ1) is 19.8. The van der Waals surface area contributed by atoms with Crippen LogP contribution in [0.25, 0.3) is 11.1 Å². The zero-order valence-electron chi connectivity index (χ0n) is 15.0. The molecule has 148 valence electrons. The summed E-state index contributed by atoms with van der Waals surface area (Å²) in [6.07, 6.45) is 0. The molecule has 4 aromatic rings. The number of thioether (sulfide) groups is 1. The van der Waals surface area contributed by atoms with Crippen molar-refractivity contribution in [3.63, 3.8) is 0 Å². The van der Waals surface area contributed by atoms with Crippen LogP contribution >= 0.6 is 34.7 Å². The van der Waals surface area contributed by atoms with E-state index in [0.717, 1.165) is 10.5 Å². The average Bonchev–Trinajstić information content (AvgIpc) is 3.36. The fraction of sp³-hybridized carbons (Fsp3) is 0.150. The average molecular weight is 447 g/mol. The van der Waals surface area contributed by atoms with Crippen LogP contribution in [0.3, 0.4) is 0 Å². The molecule has 0 radical (unpaired) electrons. The Morgan fingerprint density at radius 2 is 1.93 bits per heavy atom. The second-order valence-electron chi connectivity index (χ2n) is 5.87. The summed E-state index contributed by atoms with van der Waals surface area (Å²) in [5.74, 6) is 0.474. The molecule has 0 aliphatic rings. The highest BCUT2D eigenvalue weighted by Crippen LogP contribution is 2.23. The van der Waals surface area contributed by atoms with E-state index in [-0.39, 0.29) is 18.3 Å². The first-order valence-electron chi connectivity index (χ1n) is 8.61. The molecule has 2 aromatic carbocycles. The number of hydrogen-bond acceptors (Lipinski definition) is 8. The van der Waals surface area contributed by atoms with Crippen LogP contribution in [0.4, 0.5) is 0 Å². The van der Waals surface area contributed by atoms with Gasteiger partial charge in [0.15, 0.2) is 5.58 Å². The van der Waals surface area contributed by atoms with Crippen LogP contribution in [0.2, 0.25) is 5.02 Å². The van der Waals surface area contributed by atoms with Crippen LogP contribution in [-0.4, -0.2) is 21.7 Å². The maximum atomic E-state index is 12.0. The number of carbonyl (C=O) groups excluding carboxylic acids is 1. The van der Waals surface area contributed by atoms with E-state index in [2.05, 4.69) is 9.97 Å². The molecule has 9 heteroatoms. The van der Waals surface area contributed by atoms with E-state index in [1.807, 2.05) is 29.6 Å². The summed E-state index contributed by atoms with van der Waals surface area (Å²) < 4.78 is 16.5. The van der Waals surface area contributed by atoms with Gasteiger partial charge in [0, 0.05) is 10.4 Å². The van der Waals surface area contributed by atoms with E-state index < -0.39 is 0 Å². The third-order valence-electron chi connectivity index (χ3n) is 3.74. The van der Waals surface area contributed by atoms with Gasteiger partial charge in [0.25, 0.3) is 5.22 Å². The minimum Gasteiger partial charge on any atom is -0.486 e. The number of para-hydroxylation sites is 2. The second-order valence-corrected chi connectivity index (χ2v) is 8.18. The summed E-state index contributed by atoms with van der Waals surface area (Å²) in [4.78, 5) is 20.7. The van der Waals surface area contributed by atoms with Gasteiger partial charge in [-0.05, 0) is 36.4 Å². The number of benzene rings is 2. The van der Waals surface area contributed by atoms with E-state index in [9.17, 15) is 4.79 Å². The highest BCUT2D eigenvalue weighted by Gasteiger charge is 2.11. The number of ether oxygens (including phenoxy) is 2. The number of halogens is 1. The van der Waals surface area contributed by atoms with Crippen molar-refractivity contribution in [2.45, 2.75) is 18.4 Å². The number of nitrogens with zero attached hydrogens (tertiary/aromatic N) is 2. The Morgan fingerprint density at radius 1 is 1.10 bits per heavy atom. The molecule has 0 amide bonds. The van der Waals surface area contributed by atoms with Crippen molar-refractivity contribution in [1.29, 1.82) is 0 Å². The van der Waals surface area contributed by atoms with E-state index in [0.29, 0.717) is 33.9 Å². The molecule has 0 saturated carbocycles. The predicted octanol–water partition coefficient (Wildman–Crippen LogP) is 5.35. The molecule has 29 heavy (non-hydrogen) atoms. The zero-order chi connectivity index (χ0) is 20.1. The molecule has 0 bridgehead atoms. The van der Waals surface area contributed by atoms with Crippen LogP contribution < -0.4 is 4.74 Å². The summed E-state index contributed by atoms with van der Waals surface area (Å²) >= 11 is 8.51. The Balaban J connectivity index is 1.21. The van der Waals surface area contributed by atoms with Crippen LogP contribution in [0.5, 0.6) is 5.75 Å². The maximum Gasteiger partial charge on any atom is 0.316 e. The Kier molecular flexibility index (Phi) is 6.33. The highest BCUT2D eigenvalue weighted by molar-refractivity contribution is 7.99. The Labute approximate surface area is 179 Å². The van der Waals surface area contributed by atoms with Crippen LogP contribution in [-0.2, 0) is 22.7 Å². The van der Waals surface area contributed by atoms with Crippen molar-refractivity contribution >= 4 is 51.8 Å². The number of carbonyl (C=O) groups is 1. The molecular weight excluding hydrogens is 432 g/mol. The van der Waals surface area contributed by atoms with Gasteiger partial charge in [0.2, 0.25) is 0 Å². The normalized spacial score (nSPS) is 10.9. The van der Waals surface area contributed by atoms with Gasteiger partial charge in [-0.3, -0.25) is 4.79 Å². The van der Waals surface area contributed by atoms with Gasteiger partial charge in [-0.15, -0.1) is 11.3 Å². The molecule has 4 rings (SSSR count). The van der Waals surface area contributed by atoms with Gasteiger partial charge in [-0.1, -0.05) is 35.5 Å². The molecular formula is C20H15ClN2O4S2. The molecule has 0 atom stereocenters. The summed E-state index contributed by atoms with van der Waals surface area (Å²) in [6, 6.07) is 14.6. The SMILES string of the molecule is O=C(CSc1nc2ccccc2o1)OCc1csc(COc2ccc(Cl)cc2)n1. The van der Waals surface area contributed by atoms with Gasteiger partial charge in [0.05, 0.1) is 5.69 Å². The lowest BCUT2D eigenvalue weighted by Gasteiger charge is -2.03. The van der Waals surface area contributed by atoms with Crippen molar-refractivity contribution in [3.05, 3.63) is 69.6 Å². The molecule has 0 N–H and O–H groups in total. The molecule has 0 unspecified atom stereocenters. The first-order valence-corrected chi connectivity index (χ1v) is 10.9. The lowest BCUT2D eigenvalue weighted by atomic mass is 10.3. The molecule has 6 nitrogen and oxygen atoms in total. The van der Waals surface area contributed by atoms with Crippen LogP contribution in [0.15, 0.2) is 63.6 Å². The van der Waals surface area contributed by atoms with Crippen molar-refractivity contribution in [2.24, 2.45) is 0 Å². The molecule has 2 heterocycles. The Morgan fingerprint density at radius 3 is 2.76 bits per heavy atom. The molecule has 2 aromatic heterocycles. The molecule has 0 aliphatic heterocycles. The number of aromatic nitrogens is 2. The van der Waals surface area contributed by atoms with Crippen molar-refractivity contribution in [3.8, 4) is 5.75 Å². The van der Waals surface area contributed by atoms with E-state index in [1.54, 1.807) is 24.3 Å². The second kappa shape index (κ2) is 9.30. The van der Waals surface area contributed by atoms with Gasteiger partial charge in [-0.2, -0.15) is 0 Å². The first-order chi connectivity index (χ1) is 14.2. The van der Waals surface area contributed by atoms with Crippen molar-refractivity contribution in [2.75, 3.05) is 5.75 Å². The molecule has 0 saturated heterocycles. The quantitative estimate of drug-likeness (QED) is 0.266. The summed E-state index contributed by atoms with van der Waals surface area (Å²) in [5, 5.41) is 3.75. The van der Waals surface area contributed by atoms with Crippen LogP contribution in [0.1, 0.15) is 10.7 Å². The zero-order valence-corrected chi connectivity index (χ0v) is 17.4. The standard InChI is InChI=1S/C20H15ClN2O4S2/c21-13-5-7-15(8-6-13)25-10-18-22-14(11-28-18)9-26-19(24)12-29-20-23-16-3-1-2-4-17(16)27-20/h1-8,11H,9-10,12H2. The number of oxazole rings is 1. The number of thiazole rings is 1. The smallest absolute Gasteiger partial charge is 0.316 e. The number of rotatable bonds is 8. The lowest BCUT2D eigenvalue weighted by Crippen LogP contribution is -2.07. The summed E-state index contributed by atoms with van der Waals surface area (Å²) in [5.41, 5.74) is 2.14. The third-order valence-corrected chi connectivity index (χ3v) is 5.67. The summed E-state index contributed by atoms with van der Waals surface area (Å²) in [6.45, 7) is 0.457. The number of esters is 1. The maximum absolute atomic E-state index is 12.0. The fourth-order valence-electron chi connectivity index (χ4n) is 2.39. The van der Waals surface area contributed by atoms with E-state index in [1.165, 1.54) is 23.1 Å². The van der Waals surface area contributed by atoms with Crippen molar-refractivity contribution in [1.82, 2.24) is 9.97 Å². The van der Waals surface area contributed by atoms with E-state index >= 15 is 0 Å². The molecule has 0 fully saturated rings. The number of fused-ring (bicyclic) bond motifs is 1. The predicted molar refractivity (Wildman–Crippen MR) is 112 cm³/mol. The van der Waals surface area contributed by atoms with Gasteiger partial charge in [0.1, 0.15) is 35.2 Å². The van der Waals surface area contributed by atoms with Crippen molar-refractivity contribution < 1.29 is 18.7 Å². The fourth-order valence-corrected chi connectivity index (χ4v) is 3.84. The minimum absolute atomic E-state index is 0.115. The highest BCUT2D eigenvalue weighted by atomic mass is 35.5. The largest absolute Gasteiger partial charge is 0.486 e. The summed E-state index contributed by atoms with van der Waals surface area (Å²) in [7, 11) is 0. The third kappa shape index (κ3) is 5.50. The van der Waals surface area contributed by atoms with E-state index in [4.69, 9.17) is 25.5 Å². The van der Waals surface area contributed by atoms with Gasteiger partial charge >= 0.3 is 5.97 Å². The van der Waals surface area contributed by atoms with Gasteiger partial charge < -0.3 is 13.9 Å². The Bertz CT molecular complexity index is 1080. The number of hydrogen-bond donors (Lipinski definition) is 0. The topological polar surface area (TPSA) is 74.5 Å². The molecule has 0 aliphatic carbocycles. The Hall–Kier alpha value is -2.55. The van der Waals surface area contributed by atoms with Crippen LogP contribution in [0, 0.1) is 0 Å².